The van der Waals surface area contributed by atoms with Gasteiger partial charge in [0.2, 0.25) is 0 Å². The Bertz CT molecular complexity index is 454. The van der Waals surface area contributed by atoms with Crippen molar-refractivity contribution in [1.82, 2.24) is 4.90 Å². The van der Waals surface area contributed by atoms with Crippen LogP contribution in [-0.2, 0) is 4.79 Å². The van der Waals surface area contributed by atoms with Crippen molar-refractivity contribution in [2.24, 2.45) is 0 Å². The zero-order valence-electron chi connectivity index (χ0n) is 11.7. The van der Waals surface area contributed by atoms with Gasteiger partial charge in [0.15, 0.2) is 6.61 Å². The van der Waals surface area contributed by atoms with Gasteiger partial charge in [0.05, 0.1) is 10.6 Å². The van der Waals surface area contributed by atoms with E-state index in [2.05, 4.69) is 0 Å². The molecule has 0 aliphatic heterocycles. The highest BCUT2D eigenvalue weighted by atomic mass is 35.5. The maximum atomic E-state index is 11.8. The van der Waals surface area contributed by atoms with Crippen molar-refractivity contribution in [2.75, 3.05) is 20.2 Å². The molecular formula is C14H20ClNO3. The van der Waals surface area contributed by atoms with E-state index in [-0.39, 0.29) is 19.1 Å². The van der Waals surface area contributed by atoms with Gasteiger partial charge in [-0.05, 0) is 38.5 Å². The minimum Gasteiger partial charge on any atom is -0.482 e. The summed E-state index contributed by atoms with van der Waals surface area (Å²) in [4.78, 5) is 13.3. The van der Waals surface area contributed by atoms with E-state index in [4.69, 9.17) is 16.3 Å². The van der Waals surface area contributed by atoms with E-state index >= 15 is 0 Å². The van der Waals surface area contributed by atoms with Crippen molar-refractivity contribution in [1.29, 1.82) is 0 Å². The quantitative estimate of drug-likeness (QED) is 0.903. The van der Waals surface area contributed by atoms with Gasteiger partial charge in [-0.1, -0.05) is 17.7 Å². The van der Waals surface area contributed by atoms with Crippen LogP contribution in [-0.4, -0.2) is 41.7 Å². The molecule has 0 aliphatic rings. The number of ether oxygens (including phenoxy) is 1. The minimum absolute atomic E-state index is 0.101. The molecule has 1 amide bonds. The van der Waals surface area contributed by atoms with Crippen LogP contribution in [0.25, 0.3) is 0 Å². The number of amides is 1. The number of halogens is 1. The molecule has 0 saturated heterocycles. The molecule has 1 aromatic carbocycles. The molecule has 19 heavy (non-hydrogen) atoms. The van der Waals surface area contributed by atoms with Crippen LogP contribution >= 0.6 is 11.6 Å². The molecule has 0 unspecified atom stereocenters. The van der Waals surface area contributed by atoms with Crippen LogP contribution in [0.4, 0.5) is 0 Å². The lowest BCUT2D eigenvalue weighted by Crippen LogP contribution is -2.41. The largest absolute Gasteiger partial charge is 0.482 e. The number of carbonyl (C=O) groups excluding carboxylic acids is 1. The van der Waals surface area contributed by atoms with Crippen molar-refractivity contribution < 1.29 is 14.6 Å². The summed E-state index contributed by atoms with van der Waals surface area (Å²) in [6.07, 6.45) is 0. The molecule has 0 fully saturated rings. The molecule has 1 aromatic rings. The van der Waals surface area contributed by atoms with Gasteiger partial charge in [-0.15, -0.1) is 0 Å². The summed E-state index contributed by atoms with van der Waals surface area (Å²) < 4.78 is 5.41. The first-order chi connectivity index (χ1) is 8.69. The van der Waals surface area contributed by atoms with E-state index < -0.39 is 5.60 Å². The SMILES string of the molecule is Cc1ccc(Cl)c(OCC(=O)N(C)CC(C)(C)O)c1. The molecule has 0 atom stereocenters. The molecule has 4 nitrogen and oxygen atoms in total. The summed E-state index contributed by atoms with van der Waals surface area (Å²) >= 11 is 5.98. The lowest BCUT2D eigenvalue weighted by Gasteiger charge is -2.25. The van der Waals surface area contributed by atoms with Crippen LogP contribution in [0, 0.1) is 6.92 Å². The number of aryl methyl sites for hydroxylation is 1. The third kappa shape index (κ3) is 5.49. The Hall–Kier alpha value is -1.26. The molecule has 0 spiro atoms. The van der Waals surface area contributed by atoms with Gasteiger partial charge in [0, 0.05) is 13.6 Å². The highest BCUT2D eigenvalue weighted by Gasteiger charge is 2.19. The van der Waals surface area contributed by atoms with Gasteiger partial charge in [0.25, 0.3) is 5.91 Å². The molecule has 0 saturated carbocycles. The summed E-state index contributed by atoms with van der Waals surface area (Å²) in [6.45, 7) is 5.36. The molecular weight excluding hydrogens is 266 g/mol. The Labute approximate surface area is 118 Å². The first-order valence-corrected chi connectivity index (χ1v) is 6.42. The minimum atomic E-state index is -0.925. The molecule has 0 heterocycles. The Balaban J connectivity index is 2.57. The summed E-state index contributed by atoms with van der Waals surface area (Å²) in [7, 11) is 1.63. The number of hydrogen-bond donors (Lipinski definition) is 1. The lowest BCUT2D eigenvalue weighted by molar-refractivity contribution is -0.134. The average Bonchev–Trinajstić information content (AvgIpc) is 2.27. The average molecular weight is 286 g/mol. The monoisotopic (exact) mass is 285 g/mol. The molecule has 0 aliphatic carbocycles. The predicted molar refractivity (Wildman–Crippen MR) is 75.6 cm³/mol. The highest BCUT2D eigenvalue weighted by Crippen LogP contribution is 2.25. The third-order valence-corrected chi connectivity index (χ3v) is 2.80. The summed E-state index contributed by atoms with van der Waals surface area (Å²) in [5, 5.41) is 10.1. The first-order valence-electron chi connectivity index (χ1n) is 6.04. The van der Waals surface area contributed by atoms with Crippen molar-refractivity contribution in [3.8, 4) is 5.75 Å². The Morgan fingerprint density at radius 3 is 2.68 bits per heavy atom. The van der Waals surface area contributed by atoms with E-state index in [1.165, 1.54) is 4.90 Å². The van der Waals surface area contributed by atoms with Crippen LogP contribution < -0.4 is 4.74 Å². The first kappa shape index (κ1) is 15.8. The fourth-order valence-electron chi connectivity index (χ4n) is 1.64. The smallest absolute Gasteiger partial charge is 0.260 e. The molecule has 1 rings (SSSR count). The lowest BCUT2D eigenvalue weighted by atomic mass is 10.1. The Morgan fingerprint density at radius 2 is 2.11 bits per heavy atom. The summed E-state index contributed by atoms with van der Waals surface area (Å²) in [6, 6.07) is 5.39. The normalized spacial score (nSPS) is 11.3. The van der Waals surface area contributed by atoms with Crippen LogP contribution in [0.2, 0.25) is 5.02 Å². The molecule has 5 heteroatoms. The van der Waals surface area contributed by atoms with E-state index in [0.29, 0.717) is 10.8 Å². The maximum Gasteiger partial charge on any atom is 0.260 e. The van der Waals surface area contributed by atoms with Gasteiger partial charge in [-0.3, -0.25) is 4.79 Å². The van der Waals surface area contributed by atoms with Crippen molar-refractivity contribution in [2.45, 2.75) is 26.4 Å². The van der Waals surface area contributed by atoms with Gasteiger partial charge in [-0.25, -0.2) is 0 Å². The second-order valence-electron chi connectivity index (χ2n) is 5.28. The fourth-order valence-corrected chi connectivity index (χ4v) is 1.81. The fraction of sp³-hybridized carbons (Fsp3) is 0.500. The van der Waals surface area contributed by atoms with Crippen molar-refractivity contribution in [3.63, 3.8) is 0 Å². The Morgan fingerprint density at radius 1 is 1.47 bits per heavy atom. The number of carbonyl (C=O) groups is 1. The number of aliphatic hydroxyl groups is 1. The van der Waals surface area contributed by atoms with Crippen molar-refractivity contribution in [3.05, 3.63) is 28.8 Å². The van der Waals surface area contributed by atoms with Crippen LogP contribution in [0.3, 0.4) is 0 Å². The van der Waals surface area contributed by atoms with Gasteiger partial charge < -0.3 is 14.7 Å². The Kier molecular flexibility index (Phi) is 5.20. The van der Waals surface area contributed by atoms with Gasteiger partial charge >= 0.3 is 0 Å². The van der Waals surface area contributed by atoms with Crippen LogP contribution in [0.15, 0.2) is 18.2 Å². The highest BCUT2D eigenvalue weighted by molar-refractivity contribution is 6.32. The van der Waals surface area contributed by atoms with E-state index in [0.717, 1.165) is 5.56 Å². The second-order valence-corrected chi connectivity index (χ2v) is 5.69. The molecule has 0 bridgehead atoms. The van der Waals surface area contributed by atoms with Crippen LogP contribution in [0.5, 0.6) is 5.75 Å². The molecule has 106 valence electrons. The number of nitrogens with zero attached hydrogens (tertiary/aromatic N) is 1. The standard InChI is InChI=1S/C14H20ClNO3/c1-10-5-6-11(15)12(7-10)19-8-13(17)16(4)9-14(2,3)18/h5-7,18H,8-9H2,1-4H3. The molecule has 0 radical (unpaired) electrons. The van der Waals surface area contributed by atoms with Gasteiger partial charge in [-0.2, -0.15) is 0 Å². The summed E-state index contributed by atoms with van der Waals surface area (Å²) in [5.41, 5.74) is 0.0856. The topological polar surface area (TPSA) is 49.8 Å². The van der Waals surface area contributed by atoms with E-state index in [1.54, 1.807) is 33.0 Å². The van der Waals surface area contributed by atoms with E-state index in [9.17, 15) is 9.90 Å². The summed E-state index contributed by atoms with van der Waals surface area (Å²) in [5.74, 6) is 0.284. The van der Waals surface area contributed by atoms with Crippen LogP contribution in [0.1, 0.15) is 19.4 Å². The van der Waals surface area contributed by atoms with Crippen molar-refractivity contribution >= 4 is 17.5 Å². The molecule has 0 aromatic heterocycles. The third-order valence-electron chi connectivity index (χ3n) is 2.49. The number of likely N-dealkylation sites (N-methyl/N-ethyl adjacent to an activating group) is 1. The number of rotatable bonds is 5. The zero-order valence-corrected chi connectivity index (χ0v) is 12.5. The predicted octanol–water partition coefficient (Wildman–Crippen LogP) is 2.26. The number of benzene rings is 1. The maximum absolute atomic E-state index is 11.8. The second kappa shape index (κ2) is 6.26. The van der Waals surface area contributed by atoms with E-state index in [1.807, 2.05) is 13.0 Å². The zero-order chi connectivity index (χ0) is 14.6. The van der Waals surface area contributed by atoms with Gasteiger partial charge in [0.1, 0.15) is 5.75 Å². The number of hydrogen-bond acceptors (Lipinski definition) is 3. The molecule has 1 N–H and O–H groups in total.